The van der Waals surface area contributed by atoms with E-state index in [1.54, 1.807) is 24.3 Å². The summed E-state index contributed by atoms with van der Waals surface area (Å²) in [7, 11) is 0. The van der Waals surface area contributed by atoms with E-state index in [4.69, 9.17) is 9.47 Å². The van der Waals surface area contributed by atoms with Crippen LogP contribution in [0.4, 0.5) is 0 Å². The second-order valence-electron chi connectivity index (χ2n) is 5.64. The lowest BCUT2D eigenvalue weighted by Gasteiger charge is -2.13. The quantitative estimate of drug-likeness (QED) is 0.215. The van der Waals surface area contributed by atoms with Crippen LogP contribution in [0.15, 0.2) is 24.3 Å². The normalized spacial score (nSPS) is 13.6. The fourth-order valence-electron chi connectivity index (χ4n) is 2.57. The van der Waals surface area contributed by atoms with Crippen molar-refractivity contribution < 1.29 is 19.1 Å². The van der Waals surface area contributed by atoms with Gasteiger partial charge in [0.2, 0.25) is 0 Å². The zero-order valence-corrected chi connectivity index (χ0v) is 16.0. The van der Waals surface area contributed by atoms with Crippen LogP contribution in [0.1, 0.15) is 46.4 Å². The molecule has 1 aromatic carbocycles. The first-order valence-corrected chi connectivity index (χ1v) is 9.95. The van der Waals surface area contributed by atoms with Crippen LogP contribution in [0.5, 0.6) is 0 Å². The number of amides is 2. The van der Waals surface area contributed by atoms with Gasteiger partial charge in [0.25, 0.3) is 11.8 Å². The SMILES string of the molecule is O=C1c2ccccc2C(=O)N1CCOCCOCCCCCCI. The van der Waals surface area contributed by atoms with Crippen LogP contribution in [0.3, 0.4) is 0 Å². The molecule has 0 bridgehead atoms. The maximum Gasteiger partial charge on any atom is 0.261 e. The predicted octanol–water partition coefficient (Wildman–Crippen LogP) is 3.31. The molecule has 0 atom stereocenters. The number of imide groups is 1. The Morgan fingerprint density at radius 1 is 0.792 bits per heavy atom. The van der Waals surface area contributed by atoms with E-state index in [9.17, 15) is 9.59 Å². The van der Waals surface area contributed by atoms with Gasteiger partial charge in [0.05, 0.1) is 37.5 Å². The molecule has 6 heteroatoms. The number of hydrogen-bond donors (Lipinski definition) is 0. The zero-order chi connectivity index (χ0) is 17.2. The van der Waals surface area contributed by atoms with Crippen LogP contribution < -0.4 is 0 Å². The number of benzene rings is 1. The fraction of sp³-hybridized carbons (Fsp3) is 0.556. The van der Waals surface area contributed by atoms with Gasteiger partial charge >= 0.3 is 0 Å². The summed E-state index contributed by atoms with van der Waals surface area (Å²) in [6.45, 7) is 2.42. The summed E-state index contributed by atoms with van der Waals surface area (Å²) in [6.07, 6.45) is 4.85. The number of carbonyl (C=O) groups is 2. The summed E-state index contributed by atoms with van der Waals surface area (Å²) in [5, 5.41) is 0. The first-order chi connectivity index (χ1) is 11.8. The average molecular weight is 445 g/mol. The summed E-state index contributed by atoms with van der Waals surface area (Å²) in [5.41, 5.74) is 0.960. The van der Waals surface area contributed by atoms with Crippen molar-refractivity contribution in [2.75, 3.05) is 37.4 Å². The number of fused-ring (bicyclic) bond motifs is 1. The third-order valence-electron chi connectivity index (χ3n) is 3.88. The maximum absolute atomic E-state index is 12.1. The predicted molar refractivity (Wildman–Crippen MR) is 101 cm³/mol. The highest BCUT2D eigenvalue weighted by Crippen LogP contribution is 2.21. The number of halogens is 1. The molecule has 1 aromatic rings. The summed E-state index contributed by atoms with van der Waals surface area (Å²) in [6, 6.07) is 6.90. The molecular formula is C18H24INO4. The lowest BCUT2D eigenvalue weighted by molar-refractivity contribution is 0.0346. The highest BCUT2D eigenvalue weighted by Gasteiger charge is 2.34. The molecule has 0 N–H and O–H groups in total. The Bertz CT molecular complexity index is 515. The van der Waals surface area contributed by atoms with E-state index in [0.29, 0.717) is 30.9 Å². The number of hydrogen-bond acceptors (Lipinski definition) is 4. The Hall–Kier alpha value is -0.990. The van der Waals surface area contributed by atoms with E-state index in [2.05, 4.69) is 22.6 Å². The largest absolute Gasteiger partial charge is 0.379 e. The molecule has 0 spiro atoms. The molecule has 0 saturated carbocycles. The van der Waals surface area contributed by atoms with Gasteiger partial charge in [-0.1, -0.05) is 47.6 Å². The molecule has 24 heavy (non-hydrogen) atoms. The molecule has 0 fully saturated rings. The zero-order valence-electron chi connectivity index (χ0n) is 13.8. The Balaban J connectivity index is 1.53. The molecule has 5 nitrogen and oxygen atoms in total. The van der Waals surface area contributed by atoms with Crippen molar-refractivity contribution in [2.24, 2.45) is 0 Å². The van der Waals surface area contributed by atoms with Gasteiger partial charge in [-0.3, -0.25) is 14.5 Å². The molecule has 1 heterocycles. The second kappa shape index (κ2) is 10.8. The van der Waals surface area contributed by atoms with Gasteiger partial charge < -0.3 is 9.47 Å². The van der Waals surface area contributed by atoms with E-state index in [1.807, 2.05) is 0 Å². The minimum Gasteiger partial charge on any atom is -0.379 e. The van der Waals surface area contributed by atoms with E-state index in [0.717, 1.165) is 13.0 Å². The van der Waals surface area contributed by atoms with Crippen LogP contribution in [0.2, 0.25) is 0 Å². The summed E-state index contributed by atoms with van der Waals surface area (Å²) >= 11 is 2.40. The summed E-state index contributed by atoms with van der Waals surface area (Å²) in [5.74, 6) is -0.469. The van der Waals surface area contributed by atoms with E-state index < -0.39 is 0 Å². The van der Waals surface area contributed by atoms with Crippen molar-refractivity contribution >= 4 is 34.4 Å². The second-order valence-corrected chi connectivity index (χ2v) is 6.71. The van der Waals surface area contributed by atoms with E-state index in [1.165, 1.54) is 28.6 Å². The molecule has 0 unspecified atom stereocenters. The van der Waals surface area contributed by atoms with Crippen LogP contribution in [-0.4, -0.2) is 54.1 Å². The first-order valence-electron chi connectivity index (χ1n) is 8.42. The van der Waals surface area contributed by atoms with Gasteiger partial charge in [0.15, 0.2) is 0 Å². The highest BCUT2D eigenvalue weighted by atomic mass is 127. The van der Waals surface area contributed by atoms with Gasteiger partial charge in [-0.05, 0) is 29.4 Å². The molecule has 0 aliphatic carbocycles. The number of rotatable bonds is 12. The van der Waals surface area contributed by atoms with Crippen LogP contribution in [0, 0.1) is 0 Å². The average Bonchev–Trinajstić information content (AvgIpc) is 2.84. The topological polar surface area (TPSA) is 55.8 Å². The fourth-order valence-corrected chi connectivity index (χ4v) is 3.11. The standard InChI is InChI=1S/C18H24INO4/c19-9-5-1-2-6-11-23-13-14-24-12-10-20-17(21)15-7-3-4-8-16(15)18(20)22/h3-4,7-8H,1-2,5-6,9-14H2. The third-order valence-corrected chi connectivity index (χ3v) is 4.64. The van der Waals surface area contributed by atoms with Crippen LogP contribution in [-0.2, 0) is 9.47 Å². The Labute approximate surface area is 156 Å². The van der Waals surface area contributed by atoms with Crippen LogP contribution >= 0.6 is 22.6 Å². The molecule has 0 aromatic heterocycles. The van der Waals surface area contributed by atoms with Crippen molar-refractivity contribution in [3.63, 3.8) is 0 Å². The number of ether oxygens (including phenoxy) is 2. The number of carbonyl (C=O) groups excluding carboxylic acids is 2. The van der Waals surface area contributed by atoms with Crippen LogP contribution in [0.25, 0.3) is 0 Å². The monoisotopic (exact) mass is 445 g/mol. The lowest BCUT2D eigenvalue weighted by atomic mass is 10.1. The molecular weight excluding hydrogens is 421 g/mol. The molecule has 132 valence electrons. The molecule has 2 rings (SSSR count). The van der Waals surface area contributed by atoms with Crippen molar-refractivity contribution in [1.82, 2.24) is 4.90 Å². The summed E-state index contributed by atoms with van der Waals surface area (Å²) in [4.78, 5) is 25.5. The number of nitrogens with zero attached hydrogens (tertiary/aromatic N) is 1. The van der Waals surface area contributed by atoms with Gasteiger partial charge in [0, 0.05) is 6.61 Å². The minimum atomic E-state index is -0.234. The lowest BCUT2D eigenvalue weighted by Crippen LogP contribution is -2.33. The smallest absolute Gasteiger partial charge is 0.261 e. The number of alkyl halides is 1. The van der Waals surface area contributed by atoms with E-state index >= 15 is 0 Å². The maximum atomic E-state index is 12.1. The van der Waals surface area contributed by atoms with Crippen molar-refractivity contribution in [2.45, 2.75) is 25.7 Å². The Morgan fingerprint density at radius 3 is 2.00 bits per heavy atom. The first kappa shape index (κ1) is 19.3. The van der Waals surface area contributed by atoms with Gasteiger partial charge in [-0.15, -0.1) is 0 Å². The van der Waals surface area contributed by atoms with Crippen molar-refractivity contribution in [1.29, 1.82) is 0 Å². The van der Waals surface area contributed by atoms with Crippen molar-refractivity contribution in [3.8, 4) is 0 Å². The Kier molecular flexibility index (Phi) is 8.69. The molecule has 1 aliphatic rings. The number of unbranched alkanes of at least 4 members (excludes halogenated alkanes) is 3. The minimum absolute atomic E-state index is 0.234. The van der Waals surface area contributed by atoms with Gasteiger partial charge in [0.1, 0.15) is 0 Å². The highest BCUT2D eigenvalue weighted by molar-refractivity contribution is 14.1. The molecule has 1 aliphatic heterocycles. The van der Waals surface area contributed by atoms with Gasteiger partial charge in [-0.2, -0.15) is 0 Å². The molecule has 2 amide bonds. The van der Waals surface area contributed by atoms with Crippen molar-refractivity contribution in [3.05, 3.63) is 35.4 Å². The van der Waals surface area contributed by atoms with E-state index in [-0.39, 0.29) is 18.4 Å². The summed E-state index contributed by atoms with van der Waals surface area (Å²) < 4.78 is 12.2. The Morgan fingerprint density at radius 2 is 1.38 bits per heavy atom. The molecule has 0 saturated heterocycles. The molecule has 0 radical (unpaired) electrons. The third kappa shape index (κ3) is 5.53. The van der Waals surface area contributed by atoms with Gasteiger partial charge in [-0.25, -0.2) is 0 Å².